The minimum atomic E-state index is 0.649. The van der Waals surface area contributed by atoms with Crippen molar-refractivity contribution in [2.75, 3.05) is 26.7 Å². The molecule has 0 aromatic carbocycles. The van der Waals surface area contributed by atoms with E-state index in [-0.39, 0.29) is 0 Å². The Hall–Kier alpha value is -0.0800. The molecule has 0 radical (unpaired) electrons. The number of rotatable bonds is 8. The van der Waals surface area contributed by atoms with Gasteiger partial charge in [-0.2, -0.15) is 0 Å². The van der Waals surface area contributed by atoms with E-state index in [1.54, 1.807) is 0 Å². The number of nitrogens with one attached hydrogen (secondary N) is 1. The molecule has 0 saturated heterocycles. The van der Waals surface area contributed by atoms with Crippen LogP contribution in [-0.2, 0) is 0 Å². The molecule has 0 aliphatic rings. The van der Waals surface area contributed by atoms with Crippen LogP contribution in [0.25, 0.3) is 0 Å². The molecule has 1 unspecified atom stereocenters. The second-order valence-electron chi connectivity index (χ2n) is 3.77. The van der Waals surface area contributed by atoms with Crippen LogP contribution < -0.4 is 5.32 Å². The van der Waals surface area contributed by atoms with E-state index in [2.05, 4.69) is 31.0 Å². The van der Waals surface area contributed by atoms with Crippen LogP contribution in [-0.4, -0.2) is 37.6 Å². The standard InChI is InChI=1S/C11H26N2/c1-5-7-9-13(6-2)10-8-11(3)12-4/h11-12H,5-10H2,1-4H3. The summed E-state index contributed by atoms with van der Waals surface area (Å²) in [4.78, 5) is 2.54. The van der Waals surface area contributed by atoms with Gasteiger partial charge in [0.05, 0.1) is 0 Å². The van der Waals surface area contributed by atoms with Crippen LogP contribution in [0, 0.1) is 0 Å². The zero-order valence-electron chi connectivity index (χ0n) is 9.77. The summed E-state index contributed by atoms with van der Waals surface area (Å²) in [5.41, 5.74) is 0. The van der Waals surface area contributed by atoms with Crippen LogP contribution in [0.1, 0.15) is 40.0 Å². The predicted octanol–water partition coefficient (Wildman–Crippen LogP) is 2.11. The van der Waals surface area contributed by atoms with Crippen LogP contribution in [0.3, 0.4) is 0 Å². The molecule has 13 heavy (non-hydrogen) atoms. The first kappa shape index (κ1) is 12.9. The summed E-state index contributed by atoms with van der Waals surface area (Å²) in [6.07, 6.45) is 3.90. The summed E-state index contributed by atoms with van der Waals surface area (Å²) < 4.78 is 0. The van der Waals surface area contributed by atoms with E-state index in [0.717, 1.165) is 0 Å². The molecule has 0 bridgehead atoms. The van der Waals surface area contributed by atoms with Crippen molar-refractivity contribution in [3.63, 3.8) is 0 Å². The molecule has 0 fully saturated rings. The third-order valence-electron chi connectivity index (χ3n) is 2.65. The van der Waals surface area contributed by atoms with Crippen LogP contribution >= 0.6 is 0 Å². The molecule has 0 aromatic heterocycles. The Balaban J connectivity index is 3.46. The van der Waals surface area contributed by atoms with Crippen molar-refractivity contribution >= 4 is 0 Å². The first-order valence-corrected chi connectivity index (χ1v) is 5.64. The summed E-state index contributed by atoms with van der Waals surface area (Å²) in [7, 11) is 2.03. The zero-order valence-corrected chi connectivity index (χ0v) is 9.77. The van der Waals surface area contributed by atoms with Gasteiger partial charge in [-0.1, -0.05) is 20.3 Å². The third kappa shape index (κ3) is 7.03. The van der Waals surface area contributed by atoms with Crippen molar-refractivity contribution in [3.05, 3.63) is 0 Å². The fraction of sp³-hybridized carbons (Fsp3) is 1.00. The molecular weight excluding hydrogens is 160 g/mol. The fourth-order valence-electron chi connectivity index (χ4n) is 1.33. The second-order valence-corrected chi connectivity index (χ2v) is 3.77. The summed E-state index contributed by atoms with van der Waals surface area (Å²) in [5.74, 6) is 0. The van der Waals surface area contributed by atoms with Crippen molar-refractivity contribution in [1.29, 1.82) is 0 Å². The van der Waals surface area contributed by atoms with E-state index in [1.807, 2.05) is 7.05 Å². The maximum Gasteiger partial charge on any atom is 0.00479 e. The summed E-state index contributed by atoms with van der Waals surface area (Å²) >= 11 is 0. The Bertz CT molecular complexity index is 104. The first-order chi connectivity index (χ1) is 6.24. The van der Waals surface area contributed by atoms with Gasteiger partial charge in [-0.05, 0) is 46.4 Å². The Morgan fingerprint density at radius 1 is 1.23 bits per heavy atom. The van der Waals surface area contributed by atoms with Gasteiger partial charge in [0.15, 0.2) is 0 Å². The molecule has 2 nitrogen and oxygen atoms in total. The fourth-order valence-corrected chi connectivity index (χ4v) is 1.33. The van der Waals surface area contributed by atoms with E-state index in [1.165, 1.54) is 38.9 Å². The van der Waals surface area contributed by atoms with Gasteiger partial charge in [-0.25, -0.2) is 0 Å². The molecule has 1 atom stereocenters. The number of hydrogen-bond acceptors (Lipinski definition) is 2. The monoisotopic (exact) mass is 186 g/mol. The Kier molecular flexibility index (Phi) is 8.46. The van der Waals surface area contributed by atoms with E-state index in [4.69, 9.17) is 0 Å². The minimum absolute atomic E-state index is 0.649. The average Bonchev–Trinajstić information content (AvgIpc) is 2.17. The molecular formula is C11H26N2. The quantitative estimate of drug-likeness (QED) is 0.624. The lowest BCUT2D eigenvalue weighted by Crippen LogP contribution is -2.31. The van der Waals surface area contributed by atoms with Crippen LogP contribution in [0.2, 0.25) is 0 Å². The van der Waals surface area contributed by atoms with Crippen molar-refractivity contribution < 1.29 is 0 Å². The van der Waals surface area contributed by atoms with Crippen molar-refractivity contribution in [2.45, 2.75) is 46.1 Å². The normalized spacial score (nSPS) is 13.6. The van der Waals surface area contributed by atoms with Gasteiger partial charge in [0.25, 0.3) is 0 Å². The van der Waals surface area contributed by atoms with E-state index >= 15 is 0 Å². The van der Waals surface area contributed by atoms with Gasteiger partial charge in [0, 0.05) is 6.04 Å². The summed E-state index contributed by atoms with van der Waals surface area (Å²) in [6.45, 7) is 10.4. The number of hydrogen-bond donors (Lipinski definition) is 1. The first-order valence-electron chi connectivity index (χ1n) is 5.64. The summed E-state index contributed by atoms with van der Waals surface area (Å²) in [5, 5.41) is 3.27. The van der Waals surface area contributed by atoms with E-state index in [0.29, 0.717) is 6.04 Å². The van der Waals surface area contributed by atoms with Gasteiger partial charge in [0.2, 0.25) is 0 Å². The highest BCUT2D eigenvalue weighted by Crippen LogP contribution is 1.98. The van der Waals surface area contributed by atoms with E-state index < -0.39 is 0 Å². The highest BCUT2D eigenvalue weighted by molar-refractivity contribution is 4.62. The lowest BCUT2D eigenvalue weighted by molar-refractivity contribution is 0.269. The van der Waals surface area contributed by atoms with Gasteiger partial charge < -0.3 is 10.2 Å². The average molecular weight is 186 g/mol. The molecule has 0 aromatic rings. The molecule has 1 N–H and O–H groups in total. The maximum atomic E-state index is 3.27. The minimum Gasteiger partial charge on any atom is -0.317 e. The molecule has 2 heteroatoms. The predicted molar refractivity (Wildman–Crippen MR) is 60.2 cm³/mol. The molecule has 0 saturated carbocycles. The Labute approximate surface area is 83.7 Å². The lowest BCUT2D eigenvalue weighted by Gasteiger charge is -2.21. The van der Waals surface area contributed by atoms with Crippen LogP contribution in [0.5, 0.6) is 0 Å². The molecule has 0 aliphatic carbocycles. The molecule has 0 rings (SSSR count). The molecule has 0 spiro atoms. The SMILES string of the molecule is CCCCN(CC)CCC(C)NC. The van der Waals surface area contributed by atoms with Gasteiger partial charge >= 0.3 is 0 Å². The van der Waals surface area contributed by atoms with E-state index in [9.17, 15) is 0 Å². The molecule has 0 heterocycles. The maximum absolute atomic E-state index is 3.27. The number of nitrogens with zero attached hydrogens (tertiary/aromatic N) is 1. The van der Waals surface area contributed by atoms with Gasteiger partial charge in [-0.3, -0.25) is 0 Å². The van der Waals surface area contributed by atoms with Crippen molar-refractivity contribution in [2.24, 2.45) is 0 Å². The van der Waals surface area contributed by atoms with Gasteiger partial charge in [-0.15, -0.1) is 0 Å². The van der Waals surface area contributed by atoms with Crippen LogP contribution in [0.15, 0.2) is 0 Å². The smallest absolute Gasteiger partial charge is 0.00479 e. The highest BCUT2D eigenvalue weighted by atomic mass is 15.1. The molecule has 0 amide bonds. The van der Waals surface area contributed by atoms with Crippen LogP contribution in [0.4, 0.5) is 0 Å². The van der Waals surface area contributed by atoms with Crippen molar-refractivity contribution in [3.8, 4) is 0 Å². The zero-order chi connectivity index (χ0) is 10.1. The third-order valence-corrected chi connectivity index (χ3v) is 2.65. The Morgan fingerprint density at radius 2 is 1.92 bits per heavy atom. The summed E-state index contributed by atoms with van der Waals surface area (Å²) in [6, 6.07) is 0.649. The highest BCUT2D eigenvalue weighted by Gasteiger charge is 2.03. The number of unbranched alkanes of at least 4 members (excludes halogenated alkanes) is 1. The molecule has 80 valence electrons. The molecule has 0 aliphatic heterocycles. The Morgan fingerprint density at radius 3 is 2.38 bits per heavy atom. The largest absolute Gasteiger partial charge is 0.317 e. The van der Waals surface area contributed by atoms with Crippen molar-refractivity contribution in [1.82, 2.24) is 10.2 Å². The second kappa shape index (κ2) is 8.52. The topological polar surface area (TPSA) is 15.3 Å². The lowest BCUT2D eigenvalue weighted by atomic mass is 10.2. The van der Waals surface area contributed by atoms with Gasteiger partial charge in [0.1, 0.15) is 0 Å².